The summed E-state index contributed by atoms with van der Waals surface area (Å²) in [6.07, 6.45) is 5.21. The van der Waals surface area contributed by atoms with Crippen molar-refractivity contribution in [2.24, 2.45) is 5.73 Å². The molecule has 0 radical (unpaired) electrons. The molecule has 12 nitrogen and oxygen atoms in total. The fourth-order valence-corrected chi connectivity index (χ4v) is 8.05. The lowest BCUT2D eigenvalue weighted by Crippen LogP contribution is -2.58. The molecular formula is C41H59N5O7Si. The molecule has 0 bridgehead atoms. The zero-order chi connectivity index (χ0) is 39.6. The van der Waals surface area contributed by atoms with Crippen LogP contribution in [0.25, 0.3) is 10.9 Å². The van der Waals surface area contributed by atoms with E-state index in [1.54, 1.807) is 6.20 Å². The summed E-state index contributed by atoms with van der Waals surface area (Å²) in [5.41, 5.74) is 8.83. The van der Waals surface area contributed by atoms with Crippen molar-refractivity contribution in [3.63, 3.8) is 0 Å². The second-order valence-corrected chi connectivity index (χ2v) is 20.9. The van der Waals surface area contributed by atoms with Crippen LogP contribution >= 0.6 is 0 Å². The van der Waals surface area contributed by atoms with Crippen molar-refractivity contribution in [1.82, 2.24) is 20.5 Å². The first-order valence-electron chi connectivity index (χ1n) is 19.2. The zero-order valence-electron chi connectivity index (χ0n) is 32.7. The summed E-state index contributed by atoms with van der Waals surface area (Å²) < 4.78 is 6.25. The van der Waals surface area contributed by atoms with Gasteiger partial charge in [-0.25, -0.2) is 4.79 Å². The molecule has 294 valence electrons. The summed E-state index contributed by atoms with van der Waals surface area (Å²) in [7, 11) is -2.07. The van der Waals surface area contributed by atoms with Crippen molar-refractivity contribution in [3.05, 3.63) is 71.9 Å². The molecule has 0 aliphatic carbocycles. The Balaban J connectivity index is 1.42. The molecule has 3 amide bonds. The number of Topliss-reactive ketones (excluding diaryl/α,β-unsaturated/α-hetero) is 1. The topological polar surface area (TPSA) is 184 Å². The van der Waals surface area contributed by atoms with Gasteiger partial charge >= 0.3 is 5.97 Å². The largest absolute Gasteiger partial charge is 0.480 e. The molecule has 0 unspecified atom stereocenters. The van der Waals surface area contributed by atoms with Gasteiger partial charge in [-0.1, -0.05) is 82.1 Å². The maximum absolute atomic E-state index is 14.2. The van der Waals surface area contributed by atoms with Gasteiger partial charge in [0, 0.05) is 42.9 Å². The molecule has 5 atom stereocenters. The van der Waals surface area contributed by atoms with Crippen LogP contribution in [-0.4, -0.2) is 89.6 Å². The van der Waals surface area contributed by atoms with Crippen molar-refractivity contribution in [1.29, 1.82) is 0 Å². The zero-order valence-corrected chi connectivity index (χ0v) is 33.7. The summed E-state index contributed by atoms with van der Waals surface area (Å²) in [6, 6.07) is 12.8. The Bertz CT molecular complexity index is 1750. The Hall–Kier alpha value is -4.33. The maximum Gasteiger partial charge on any atom is 0.326 e. The Morgan fingerprint density at radius 2 is 1.61 bits per heavy atom. The summed E-state index contributed by atoms with van der Waals surface area (Å²) in [5, 5.41) is 16.4. The number of fused-ring (bicyclic) bond motifs is 1. The van der Waals surface area contributed by atoms with Crippen LogP contribution in [0.2, 0.25) is 18.1 Å². The third kappa shape index (κ3) is 11.3. The summed E-state index contributed by atoms with van der Waals surface area (Å²) in [5.74, 6) is -2.57. The molecule has 4 rings (SSSR count). The highest BCUT2D eigenvalue weighted by atomic mass is 28.4. The standard InChI is InChI=1S/C41H59N5O7Si/c1-27(53-54(5,6)41(2,3)4)36(47)22-12-8-11-19-31(42)37(48)44-33(25-29-26-43-32-20-14-13-18-30(29)32)38(49)45-34(24-28-16-9-7-10-17-28)39(50)46-23-15-21-35(46)40(51)52/h7,9-10,13-14,16-18,20,26-27,31,33-35,43H,8,11-12,15,19,21-25,42H2,1-6H3,(H,44,48)(H,45,49)(H,51,52)/t27-,31+,33+,34+,35-/m1/s1. The fourth-order valence-electron chi connectivity index (χ4n) is 6.68. The number of carboxylic acids is 1. The number of para-hydroxylation sites is 1. The number of aromatic nitrogens is 1. The normalized spacial score (nSPS) is 17.1. The van der Waals surface area contributed by atoms with Gasteiger partial charge in [-0.05, 0) is 67.9 Å². The van der Waals surface area contributed by atoms with E-state index in [2.05, 4.69) is 49.5 Å². The van der Waals surface area contributed by atoms with E-state index in [9.17, 15) is 29.1 Å². The van der Waals surface area contributed by atoms with Gasteiger partial charge in [0.05, 0.1) is 6.04 Å². The lowest BCUT2D eigenvalue weighted by molar-refractivity contribution is -0.149. The fraction of sp³-hybridized carbons (Fsp3) is 0.537. The number of likely N-dealkylation sites (tertiary alicyclic amines) is 1. The summed E-state index contributed by atoms with van der Waals surface area (Å²) >= 11 is 0. The number of carbonyl (C=O) groups excluding carboxylic acids is 4. The van der Waals surface area contributed by atoms with Crippen molar-refractivity contribution in [2.45, 2.75) is 134 Å². The van der Waals surface area contributed by atoms with Crippen molar-refractivity contribution < 1.29 is 33.5 Å². The first kappa shape index (κ1) is 42.4. The van der Waals surface area contributed by atoms with E-state index in [-0.39, 0.29) is 30.2 Å². The molecule has 0 saturated carbocycles. The number of nitrogens with zero attached hydrogens (tertiary/aromatic N) is 1. The van der Waals surface area contributed by atoms with Crippen molar-refractivity contribution in [3.8, 4) is 0 Å². The van der Waals surface area contributed by atoms with Crippen LogP contribution in [0.4, 0.5) is 0 Å². The number of amides is 3. The monoisotopic (exact) mass is 761 g/mol. The Kier molecular flexibility index (Phi) is 14.8. The highest BCUT2D eigenvalue weighted by Crippen LogP contribution is 2.37. The van der Waals surface area contributed by atoms with Crippen LogP contribution in [0, 0.1) is 0 Å². The molecular weight excluding hydrogens is 703 g/mol. The third-order valence-electron chi connectivity index (χ3n) is 11.0. The number of benzene rings is 2. The molecule has 13 heteroatoms. The van der Waals surface area contributed by atoms with E-state index in [4.69, 9.17) is 10.2 Å². The number of unbranched alkanes of at least 4 members (excludes halogenated alkanes) is 2. The summed E-state index contributed by atoms with van der Waals surface area (Å²) in [4.78, 5) is 70.9. The molecule has 2 heterocycles. The second kappa shape index (κ2) is 18.8. The first-order valence-corrected chi connectivity index (χ1v) is 22.1. The molecule has 3 aromatic rings. The number of nitrogens with two attached hydrogens (primary N) is 1. The molecule has 1 aliphatic rings. The molecule has 1 saturated heterocycles. The third-order valence-corrected chi connectivity index (χ3v) is 15.5. The molecule has 54 heavy (non-hydrogen) atoms. The SMILES string of the molecule is C[C@@H](O[Si](C)(C)C(C)(C)C)C(=O)CCCCC[C@H](N)C(=O)N[C@@H](Cc1c[nH]c2ccccc12)C(=O)N[C@@H](Cc1ccccc1)C(=O)N1CCC[C@@H]1C(=O)O. The minimum Gasteiger partial charge on any atom is -0.480 e. The number of hydrogen-bond acceptors (Lipinski definition) is 7. The number of aliphatic carboxylic acids is 1. The van der Waals surface area contributed by atoms with Gasteiger partial charge in [0.1, 0.15) is 24.2 Å². The number of carbonyl (C=O) groups is 5. The predicted molar refractivity (Wildman–Crippen MR) is 212 cm³/mol. The predicted octanol–water partition coefficient (Wildman–Crippen LogP) is 5.26. The molecule has 0 spiro atoms. The smallest absolute Gasteiger partial charge is 0.326 e. The number of ketones is 1. The number of aromatic amines is 1. The first-order chi connectivity index (χ1) is 25.5. The van der Waals surface area contributed by atoms with Gasteiger partial charge in [-0.15, -0.1) is 0 Å². The highest BCUT2D eigenvalue weighted by molar-refractivity contribution is 6.74. The number of H-pyrrole nitrogens is 1. The highest BCUT2D eigenvalue weighted by Gasteiger charge is 2.40. The van der Waals surface area contributed by atoms with Crippen molar-refractivity contribution >= 4 is 48.7 Å². The second-order valence-electron chi connectivity index (χ2n) is 16.1. The van der Waals surface area contributed by atoms with Crippen LogP contribution < -0.4 is 16.4 Å². The van der Waals surface area contributed by atoms with Gasteiger partial charge in [-0.2, -0.15) is 0 Å². The van der Waals surface area contributed by atoms with Crippen molar-refractivity contribution in [2.75, 3.05) is 6.54 Å². The van der Waals surface area contributed by atoms with E-state index in [0.717, 1.165) is 22.0 Å². The Labute approximate surface area is 320 Å². The number of nitrogens with one attached hydrogen (secondary N) is 3. The number of hydrogen-bond donors (Lipinski definition) is 5. The van der Waals surface area contributed by atoms with E-state index < -0.39 is 62.3 Å². The van der Waals surface area contributed by atoms with Gasteiger partial charge in [0.15, 0.2) is 14.1 Å². The van der Waals surface area contributed by atoms with Gasteiger partial charge in [0.25, 0.3) is 0 Å². The van der Waals surface area contributed by atoms with Crippen LogP contribution in [0.15, 0.2) is 60.8 Å². The Morgan fingerprint density at radius 1 is 0.944 bits per heavy atom. The summed E-state index contributed by atoms with van der Waals surface area (Å²) in [6.45, 7) is 12.8. The molecule has 1 aliphatic heterocycles. The number of rotatable bonds is 19. The molecule has 6 N–H and O–H groups in total. The quantitative estimate of drug-likeness (QED) is 0.0810. The van der Waals surface area contributed by atoms with Crippen LogP contribution in [0.5, 0.6) is 0 Å². The average Bonchev–Trinajstić information content (AvgIpc) is 3.78. The van der Waals surface area contributed by atoms with E-state index in [1.165, 1.54) is 4.90 Å². The minimum atomic E-state index is -2.07. The molecule has 1 aromatic heterocycles. The van der Waals surface area contributed by atoms with Crippen LogP contribution in [-0.2, 0) is 41.2 Å². The van der Waals surface area contributed by atoms with Gasteiger partial charge in [0.2, 0.25) is 17.7 Å². The van der Waals surface area contributed by atoms with E-state index in [0.29, 0.717) is 44.9 Å². The van der Waals surface area contributed by atoms with Gasteiger partial charge < -0.3 is 35.8 Å². The Morgan fingerprint density at radius 3 is 2.30 bits per heavy atom. The lowest BCUT2D eigenvalue weighted by atomic mass is 10.0. The lowest BCUT2D eigenvalue weighted by Gasteiger charge is -2.38. The number of carboxylic acid groups (broad SMARTS) is 1. The van der Waals surface area contributed by atoms with Gasteiger partial charge in [-0.3, -0.25) is 19.2 Å². The average molecular weight is 762 g/mol. The van der Waals surface area contributed by atoms with E-state index >= 15 is 0 Å². The molecule has 2 aromatic carbocycles. The molecule has 1 fully saturated rings. The van der Waals surface area contributed by atoms with E-state index in [1.807, 2.05) is 61.5 Å². The maximum atomic E-state index is 14.2. The van der Waals surface area contributed by atoms with Crippen LogP contribution in [0.1, 0.15) is 83.8 Å². The van der Waals surface area contributed by atoms with Crippen LogP contribution in [0.3, 0.4) is 0 Å². The minimum absolute atomic E-state index is 0.00779.